The van der Waals surface area contributed by atoms with E-state index in [0.29, 0.717) is 18.7 Å². The van der Waals surface area contributed by atoms with Crippen LogP contribution in [0, 0.1) is 0 Å². The lowest BCUT2D eigenvalue weighted by molar-refractivity contribution is -0.120. The number of hydrogen-bond acceptors (Lipinski definition) is 2. The number of nitrogen functional groups attached to an aromatic ring is 1. The van der Waals surface area contributed by atoms with E-state index < -0.39 is 0 Å². The van der Waals surface area contributed by atoms with E-state index in [1.807, 2.05) is 54.6 Å². The Morgan fingerprint density at radius 1 is 1.00 bits per heavy atom. The molecule has 18 heavy (non-hydrogen) atoms. The maximum absolute atomic E-state index is 11.7. The molecule has 92 valence electrons. The van der Waals surface area contributed by atoms with Crippen LogP contribution in [0.2, 0.25) is 0 Å². The summed E-state index contributed by atoms with van der Waals surface area (Å²) in [6.07, 6.45) is 0.359. The van der Waals surface area contributed by atoms with E-state index in [1.54, 1.807) is 0 Å². The third-order valence-corrected chi connectivity index (χ3v) is 2.65. The Morgan fingerprint density at radius 3 is 2.44 bits per heavy atom. The fourth-order valence-corrected chi connectivity index (χ4v) is 1.75. The van der Waals surface area contributed by atoms with Crippen molar-refractivity contribution in [1.82, 2.24) is 5.32 Å². The predicted molar refractivity (Wildman–Crippen MR) is 72.8 cm³/mol. The minimum absolute atomic E-state index is 0.00412. The molecule has 0 aliphatic carbocycles. The Balaban J connectivity index is 1.86. The van der Waals surface area contributed by atoms with Crippen molar-refractivity contribution in [3.63, 3.8) is 0 Å². The maximum atomic E-state index is 11.7. The van der Waals surface area contributed by atoms with E-state index >= 15 is 0 Å². The molecule has 0 saturated carbocycles. The number of carbonyl (C=O) groups is 1. The number of hydrogen-bond donors (Lipinski definition) is 2. The number of nitrogens with one attached hydrogen (secondary N) is 1. The van der Waals surface area contributed by atoms with Crippen molar-refractivity contribution in [2.75, 3.05) is 5.73 Å². The molecule has 2 aromatic carbocycles. The van der Waals surface area contributed by atoms with E-state index in [-0.39, 0.29) is 5.91 Å². The minimum atomic E-state index is 0.00412. The molecule has 0 fully saturated rings. The second kappa shape index (κ2) is 5.87. The second-order valence-corrected chi connectivity index (χ2v) is 4.18. The van der Waals surface area contributed by atoms with Gasteiger partial charge in [0.2, 0.25) is 5.91 Å². The predicted octanol–water partition coefficient (Wildman–Crippen LogP) is 2.13. The van der Waals surface area contributed by atoms with Crippen LogP contribution in [0.15, 0.2) is 54.6 Å². The Morgan fingerprint density at radius 2 is 1.72 bits per heavy atom. The summed E-state index contributed by atoms with van der Waals surface area (Å²) in [4.78, 5) is 11.7. The van der Waals surface area contributed by atoms with Crippen molar-refractivity contribution >= 4 is 11.6 Å². The fourth-order valence-electron chi connectivity index (χ4n) is 1.75. The van der Waals surface area contributed by atoms with Crippen LogP contribution in [0.4, 0.5) is 5.69 Å². The average Bonchev–Trinajstić information content (AvgIpc) is 2.38. The van der Waals surface area contributed by atoms with E-state index in [9.17, 15) is 4.79 Å². The molecule has 0 unspecified atom stereocenters. The Bertz CT molecular complexity index is 523. The zero-order chi connectivity index (χ0) is 12.8. The van der Waals surface area contributed by atoms with Crippen LogP contribution in [0.5, 0.6) is 0 Å². The number of anilines is 1. The van der Waals surface area contributed by atoms with Gasteiger partial charge < -0.3 is 11.1 Å². The van der Waals surface area contributed by atoms with Gasteiger partial charge in [-0.15, -0.1) is 0 Å². The molecule has 0 aromatic heterocycles. The van der Waals surface area contributed by atoms with Gasteiger partial charge >= 0.3 is 0 Å². The van der Waals surface area contributed by atoms with Crippen molar-refractivity contribution in [3.8, 4) is 0 Å². The van der Waals surface area contributed by atoms with Crippen LogP contribution in [0.3, 0.4) is 0 Å². The fraction of sp³-hybridized carbons (Fsp3) is 0.133. The summed E-state index contributed by atoms with van der Waals surface area (Å²) in [7, 11) is 0. The first-order chi connectivity index (χ1) is 8.74. The standard InChI is InChI=1S/C15H16N2O/c16-14-8-4-7-13(9-14)10-15(18)17-11-12-5-2-1-3-6-12/h1-9H,10-11,16H2,(H,17,18). The minimum Gasteiger partial charge on any atom is -0.399 e. The highest BCUT2D eigenvalue weighted by Gasteiger charge is 2.03. The lowest BCUT2D eigenvalue weighted by Crippen LogP contribution is -2.24. The van der Waals surface area contributed by atoms with Crippen molar-refractivity contribution in [2.24, 2.45) is 0 Å². The monoisotopic (exact) mass is 240 g/mol. The third-order valence-electron chi connectivity index (χ3n) is 2.65. The Hall–Kier alpha value is -2.29. The van der Waals surface area contributed by atoms with Gasteiger partial charge in [0.25, 0.3) is 0 Å². The summed E-state index contributed by atoms with van der Waals surface area (Å²) in [6.45, 7) is 0.558. The quantitative estimate of drug-likeness (QED) is 0.804. The molecular weight excluding hydrogens is 224 g/mol. The van der Waals surface area contributed by atoms with Crippen molar-refractivity contribution in [2.45, 2.75) is 13.0 Å². The molecule has 3 heteroatoms. The van der Waals surface area contributed by atoms with E-state index in [4.69, 9.17) is 5.73 Å². The lowest BCUT2D eigenvalue weighted by atomic mass is 10.1. The molecule has 0 aliphatic heterocycles. The van der Waals surface area contributed by atoms with Gasteiger partial charge in [-0.1, -0.05) is 42.5 Å². The molecule has 0 atom stereocenters. The van der Waals surface area contributed by atoms with Gasteiger partial charge in [0.1, 0.15) is 0 Å². The normalized spacial score (nSPS) is 10.0. The van der Waals surface area contributed by atoms with Gasteiger partial charge in [-0.3, -0.25) is 4.79 Å². The van der Waals surface area contributed by atoms with Gasteiger partial charge in [-0.25, -0.2) is 0 Å². The van der Waals surface area contributed by atoms with Crippen molar-refractivity contribution < 1.29 is 4.79 Å². The highest BCUT2D eigenvalue weighted by molar-refractivity contribution is 5.78. The summed E-state index contributed by atoms with van der Waals surface area (Å²) in [5.41, 5.74) is 8.38. The average molecular weight is 240 g/mol. The molecule has 0 heterocycles. The number of nitrogens with two attached hydrogens (primary N) is 1. The van der Waals surface area contributed by atoms with Gasteiger partial charge in [-0.2, -0.15) is 0 Å². The molecule has 0 bridgehead atoms. The number of amides is 1. The summed E-state index contributed by atoms with van der Waals surface area (Å²) >= 11 is 0. The van der Waals surface area contributed by atoms with Crippen LogP contribution >= 0.6 is 0 Å². The lowest BCUT2D eigenvalue weighted by Gasteiger charge is -2.06. The zero-order valence-electron chi connectivity index (χ0n) is 10.1. The smallest absolute Gasteiger partial charge is 0.224 e. The third kappa shape index (κ3) is 3.63. The van der Waals surface area contributed by atoms with Gasteiger partial charge in [0.15, 0.2) is 0 Å². The zero-order valence-corrected chi connectivity index (χ0v) is 10.1. The Kier molecular flexibility index (Phi) is 3.97. The van der Waals surface area contributed by atoms with Crippen LogP contribution in [0.25, 0.3) is 0 Å². The van der Waals surface area contributed by atoms with Crippen LogP contribution < -0.4 is 11.1 Å². The molecule has 0 saturated heterocycles. The number of carbonyl (C=O) groups excluding carboxylic acids is 1. The first-order valence-corrected chi connectivity index (χ1v) is 5.89. The first-order valence-electron chi connectivity index (χ1n) is 5.89. The number of rotatable bonds is 4. The summed E-state index contributed by atoms with van der Waals surface area (Å²) in [5, 5.41) is 2.89. The van der Waals surface area contributed by atoms with Gasteiger partial charge in [-0.05, 0) is 23.3 Å². The molecule has 0 radical (unpaired) electrons. The van der Waals surface area contributed by atoms with Crippen LogP contribution in [-0.4, -0.2) is 5.91 Å². The highest BCUT2D eigenvalue weighted by Crippen LogP contribution is 2.07. The van der Waals surface area contributed by atoms with E-state index in [1.165, 1.54) is 0 Å². The summed E-state index contributed by atoms with van der Waals surface area (Å²) in [5.74, 6) is 0.00412. The van der Waals surface area contributed by atoms with E-state index in [2.05, 4.69) is 5.32 Å². The topological polar surface area (TPSA) is 55.1 Å². The highest BCUT2D eigenvalue weighted by atomic mass is 16.1. The maximum Gasteiger partial charge on any atom is 0.224 e. The molecule has 0 aliphatic rings. The summed E-state index contributed by atoms with van der Waals surface area (Å²) < 4.78 is 0. The second-order valence-electron chi connectivity index (χ2n) is 4.18. The molecule has 2 aromatic rings. The number of benzene rings is 2. The SMILES string of the molecule is Nc1cccc(CC(=O)NCc2ccccc2)c1. The van der Waals surface area contributed by atoms with Gasteiger partial charge in [0, 0.05) is 12.2 Å². The molecule has 3 nitrogen and oxygen atoms in total. The largest absolute Gasteiger partial charge is 0.399 e. The molecule has 1 amide bonds. The molecule has 2 rings (SSSR count). The van der Waals surface area contributed by atoms with Gasteiger partial charge in [0.05, 0.1) is 6.42 Å². The first kappa shape index (κ1) is 12.2. The molecular formula is C15H16N2O. The Labute approximate surface area is 107 Å². The van der Waals surface area contributed by atoms with Crippen LogP contribution in [-0.2, 0) is 17.8 Å². The van der Waals surface area contributed by atoms with Crippen molar-refractivity contribution in [1.29, 1.82) is 0 Å². The van der Waals surface area contributed by atoms with E-state index in [0.717, 1.165) is 11.1 Å². The summed E-state index contributed by atoms with van der Waals surface area (Å²) in [6, 6.07) is 17.2. The van der Waals surface area contributed by atoms with Crippen LogP contribution in [0.1, 0.15) is 11.1 Å². The van der Waals surface area contributed by atoms with Crippen molar-refractivity contribution in [3.05, 3.63) is 65.7 Å². The molecule has 0 spiro atoms. The molecule has 3 N–H and O–H groups in total.